The zero-order valence-corrected chi connectivity index (χ0v) is 9.43. The van der Waals surface area contributed by atoms with E-state index in [0.29, 0.717) is 6.04 Å². The Hall–Kier alpha value is -0.540. The normalized spacial score (nSPS) is 21.8. The van der Waals surface area contributed by atoms with Gasteiger partial charge in [0, 0.05) is 6.04 Å². The lowest BCUT2D eigenvalue weighted by Gasteiger charge is -2.11. The Morgan fingerprint density at radius 3 is 2.86 bits per heavy atom. The molecule has 1 aliphatic heterocycles. The summed E-state index contributed by atoms with van der Waals surface area (Å²) < 4.78 is 2.01. The summed E-state index contributed by atoms with van der Waals surface area (Å²) in [6.45, 7) is 6.06. The fourth-order valence-electron chi connectivity index (χ4n) is 1.97. The Morgan fingerprint density at radius 1 is 1.57 bits per heavy atom. The van der Waals surface area contributed by atoms with Gasteiger partial charge in [0.1, 0.15) is 0 Å². The molecule has 14 heavy (non-hydrogen) atoms. The summed E-state index contributed by atoms with van der Waals surface area (Å²) in [6.07, 6.45) is 2.52. The van der Waals surface area contributed by atoms with Crippen LogP contribution in [0.15, 0.2) is 0 Å². The molecular weight excluding hydrogens is 198 g/mol. The van der Waals surface area contributed by atoms with Crippen molar-refractivity contribution >= 4 is 11.6 Å². The van der Waals surface area contributed by atoms with Crippen LogP contribution in [0.2, 0.25) is 5.02 Å². The van der Waals surface area contributed by atoms with Crippen molar-refractivity contribution in [1.29, 1.82) is 0 Å². The van der Waals surface area contributed by atoms with E-state index in [1.807, 2.05) is 18.5 Å². The van der Waals surface area contributed by atoms with Crippen molar-refractivity contribution in [3.63, 3.8) is 0 Å². The molecule has 1 N–H and O–H groups in total. The summed E-state index contributed by atoms with van der Waals surface area (Å²) in [6, 6.07) is 0.573. The molecule has 0 saturated carbocycles. The Labute approximate surface area is 89.4 Å². The van der Waals surface area contributed by atoms with Crippen molar-refractivity contribution in [3.8, 4) is 0 Å². The van der Waals surface area contributed by atoms with Crippen LogP contribution in [0.3, 0.4) is 0 Å². The summed E-state index contributed by atoms with van der Waals surface area (Å²) in [7, 11) is 0. The third-order valence-electron chi connectivity index (χ3n) is 2.85. The first kappa shape index (κ1) is 9.99. The summed E-state index contributed by atoms with van der Waals surface area (Å²) in [5.74, 6) is 0. The predicted octanol–water partition coefficient (Wildman–Crippen LogP) is 1.91. The zero-order valence-electron chi connectivity index (χ0n) is 8.68. The molecule has 1 aromatic heterocycles. The Morgan fingerprint density at radius 2 is 2.36 bits per heavy atom. The van der Waals surface area contributed by atoms with E-state index in [1.165, 1.54) is 12.8 Å². The molecule has 3 nitrogen and oxygen atoms in total. The van der Waals surface area contributed by atoms with E-state index in [4.69, 9.17) is 11.6 Å². The first-order valence-corrected chi connectivity index (χ1v) is 5.49. The van der Waals surface area contributed by atoms with Crippen molar-refractivity contribution in [1.82, 2.24) is 15.1 Å². The quantitative estimate of drug-likeness (QED) is 0.814. The minimum atomic E-state index is 0.573. The second kappa shape index (κ2) is 3.91. The molecule has 0 amide bonds. The maximum atomic E-state index is 6.08. The van der Waals surface area contributed by atoms with Crippen LogP contribution in [0.25, 0.3) is 0 Å². The lowest BCUT2D eigenvalue weighted by molar-refractivity contribution is 0.467. The number of aryl methyl sites for hydroxylation is 1. The first-order chi connectivity index (χ1) is 6.68. The van der Waals surface area contributed by atoms with Crippen molar-refractivity contribution < 1.29 is 0 Å². The third kappa shape index (κ3) is 1.79. The highest BCUT2D eigenvalue weighted by molar-refractivity contribution is 6.31. The van der Waals surface area contributed by atoms with Crippen molar-refractivity contribution in [2.75, 3.05) is 6.54 Å². The fraction of sp³-hybridized carbons (Fsp3) is 0.700. The average Bonchev–Trinajstić information content (AvgIpc) is 2.73. The van der Waals surface area contributed by atoms with Crippen molar-refractivity contribution in [3.05, 3.63) is 16.4 Å². The first-order valence-electron chi connectivity index (χ1n) is 5.11. The summed E-state index contributed by atoms with van der Waals surface area (Å²) in [5.41, 5.74) is 2.01. The van der Waals surface area contributed by atoms with Crippen LogP contribution in [-0.2, 0) is 6.54 Å². The molecule has 1 aliphatic rings. The lowest BCUT2D eigenvalue weighted by Crippen LogP contribution is -2.27. The molecule has 0 unspecified atom stereocenters. The van der Waals surface area contributed by atoms with Gasteiger partial charge in [-0.05, 0) is 33.2 Å². The topological polar surface area (TPSA) is 29.9 Å². The summed E-state index contributed by atoms with van der Waals surface area (Å²) >= 11 is 6.08. The zero-order chi connectivity index (χ0) is 10.1. The molecule has 1 aromatic rings. The molecule has 0 aliphatic carbocycles. The fourth-order valence-corrected chi connectivity index (χ4v) is 2.11. The van der Waals surface area contributed by atoms with E-state index in [9.17, 15) is 0 Å². The molecule has 4 heteroatoms. The second-order valence-electron chi connectivity index (χ2n) is 3.96. The van der Waals surface area contributed by atoms with E-state index in [0.717, 1.165) is 29.5 Å². The largest absolute Gasteiger partial charge is 0.312 e. The third-order valence-corrected chi connectivity index (χ3v) is 3.40. The number of nitrogens with zero attached hydrogens (tertiary/aromatic N) is 2. The monoisotopic (exact) mass is 213 g/mol. The summed E-state index contributed by atoms with van der Waals surface area (Å²) in [5, 5.41) is 8.68. The number of nitrogens with one attached hydrogen (secondary N) is 1. The molecule has 2 rings (SSSR count). The Bertz CT molecular complexity index is 326. The molecule has 0 radical (unpaired) electrons. The van der Waals surface area contributed by atoms with Gasteiger partial charge in [-0.25, -0.2) is 0 Å². The van der Waals surface area contributed by atoms with Gasteiger partial charge in [0.05, 0.1) is 23.0 Å². The maximum absolute atomic E-state index is 6.08. The van der Waals surface area contributed by atoms with Gasteiger partial charge >= 0.3 is 0 Å². The molecule has 1 fully saturated rings. The Kier molecular flexibility index (Phi) is 2.79. The number of rotatable bonds is 2. The Balaban J connectivity index is 2.12. The number of aromatic nitrogens is 2. The van der Waals surface area contributed by atoms with E-state index in [2.05, 4.69) is 10.4 Å². The molecular formula is C10H16ClN3. The molecule has 78 valence electrons. The van der Waals surface area contributed by atoms with Crippen LogP contribution in [0.5, 0.6) is 0 Å². The van der Waals surface area contributed by atoms with E-state index in [-0.39, 0.29) is 0 Å². The van der Waals surface area contributed by atoms with Gasteiger partial charge in [0.2, 0.25) is 0 Å². The van der Waals surface area contributed by atoms with Crippen molar-refractivity contribution in [2.45, 2.75) is 39.3 Å². The number of halogens is 1. The van der Waals surface area contributed by atoms with Gasteiger partial charge in [0.15, 0.2) is 0 Å². The highest BCUT2D eigenvalue weighted by Gasteiger charge is 2.17. The standard InChI is InChI=1S/C10H16ClN3/c1-7-10(11)8(2)14(13-7)6-9-4-3-5-12-9/h9,12H,3-6H2,1-2H3/t9-/m0/s1. The average molecular weight is 214 g/mol. The van der Waals surface area contributed by atoms with Gasteiger partial charge in [-0.3, -0.25) is 4.68 Å². The van der Waals surface area contributed by atoms with Crippen LogP contribution in [0.4, 0.5) is 0 Å². The second-order valence-corrected chi connectivity index (χ2v) is 4.34. The van der Waals surface area contributed by atoms with Crippen LogP contribution in [0.1, 0.15) is 24.2 Å². The molecule has 1 saturated heterocycles. The SMILES string of the molecule is Cc1nn(C[C@@H]2CCCN2)c(C)c1Cl. The molecule has 2 heterocycles. The van der Waals surface area contributed by atoms with Gasteiger partial charge in [-0.1, -0.05) is 11.6 Å². The van der Waals surface area contributed by atoms with Crippen LogP contribution in [0, 0.1) is 13.8 Å². The van der Waals surface area contributed by atoms with E-state index >= 15 is 0 Å². The minimum absolute atomic E-state index is 0.573. The molecule has 1 atom stereocenters. The highest BCUT2D eigenvalue weighted by Crippen LogP contribution is 2.20. The minimum Gasteiger partial charge on any atom is -0.312 e. The van der Waals surface area contributed by atoms with Crippen LogP contribution in [-0.4, -0.2) is 22.4 Å². The lowest BCUT2D eigenvalue weighted by atomic mass is 10.2. The summed E-state index contributed by atoms with van der Waals surface area (Å²) in [4.78, 5) is 0. The number of hydrogen-bond acceptors (Lipinski definition) is 2. The predicted molar refractivity (Wildman–Crippen MR) is 57.7 cm³/mol. The van der Waals surface area contributed by atoms with E-state index < -0.39 is 0 Å². The van der Waals surface area contributed by atoms with Crippen molar-refractivity contribution in [2.24, 2.45) is 0 Å². The molecule has 0 aromatic carbocycles. The molecule has 0 bridgehead atoms. The smallest absolute Gasteiger partial charge is 0.0844 e. The van der Waals surface area contributed by atoms with Crippen LogP contribution < -0.4 is 5.32 Å². The maximum Gasteiger partial charge on any atom is 0.0844 e. The van der Waals surface area contributed by atoms with Gasteiger partial charge in [-0.2, -0.15) is 5.10 Å². The van der Waals surface area contributed by atoms with Crippen LogP contribution >= 0.6 is 11.6 Å². The van der Waals surface area contributed by atoms with Gasteiger partial charge in [0.25, 0.3) is 0 Å². The van der Waals surface area contributed by atoms with Gasteiger partial charge < -0.3 is 5.32 Å². The molecule has 0 spiro atoms. The van der Waals surface area contributed by atoms with Gasteiger partial charge in [-0.15, -0.1) is 0 Å². The van der Waals surface area contributed by atoms with E-state index in [1.54, 1.807) is 0 Å². The number of hydrogen-bond donors (Lipinski definition) is 1. The highest BCUT2D eigenvalue weighted by atomic mass is 35.5.